The third-order valence-corrected chi connectivity index (χ3v) is 8.76. The highest BCUT2D eigenvalue weighted by atomic mass is 32.1. The molecule has 0 saturated heterocycles. The molecule has 0 radical (unpaired) electrons. The van der Waals surface area contributed by atoms with Crippen LogP contribution in [-0.2, 0) is 0 Å². The molecule has 0 N–H and O–H groups in total. The van der Waals surface area contributed by atoms with Crippen LogP contribution in [0.2, 0.25) is 0 Å². The van der Waals surface area contributed by atoms with Crippen LogP contribution in [0.4, 0.5) is 17.1 Å². The first-order chi connectivity index (χ1) is 20.3. The maximum absolute atomic E-state index is 6.17. The van der Waals surface area contributed by atoms with Gasteiger partial charge < -0.3 is 9.64 Å². The molecule has 5 heteroatoms. The SMILES string of the molecule is c1ccc2c(c1)Oc1ccccc1N2c1ccc(-c2nc(-c3ccc4c(c3)-c3cccc5cccc-4c35)ns2)cc1. The molecule has 0 spiro atoms. The maximum Gasteiger partial charge on any atom is 0.173 e. The summed E-state index contributed by atoms with van der Waals surface area (Å²) in [6, 6.07) is 44.5. The topological polar surface area (TPSA) is 38.2 Å². The van der Waals surface area contributed by atoms with Crippen LogP contribution in [0.25, 0.3) is 55.0 Å². The van der Waals surface area contributed by atoms with E-state index >= 15 is 0 Å². The van der Waals surface area contributed by atoms with Crippen molar-refractivity contribution < 1.29 is 4.74 Å². The molecule has 1 aliphatic carbocycles. The zero-order chi connectivity index (χ0) is 26.9. The van der Waals surface area contributed by atoms with Gasteiger partial charge in [0, 0.05) is 16.8 Å². The standard InChI is InChI=1S/C36H21N3OS/c1-3-13-32-30(11-1)39(31-12-2-4-14-33(31)40-32)25-18-15-23(16-19-25)36-37-35(38-41-36)24-17-20-26-27-9-5-7-22-8-6-10-28(34(22)27)29(26)21-24/h1-21H. The number of rotatable bonds is 3. The predicted molar refractivity (Wildman–Crippen MR) is 167 cm³/mol. The third-order valence-electron chi connectivity index (χ3n) is 7.99. The quantitative estimate of drug-likeness (QED) is 0.222. The molecule has 0 fully saturated rings. The molecule has 1 aromatic heterocycles. The minimum absolute atomic E-state index is 0.760. The summed E-state index contributed by atoms with van der Waals surface area (Å²) in [7, 11) is 0. The van der Waals surface area contributed by atoms with Gasteiger partial charge in [-0.15, -0.1) is 0 Å². The summed E-state index contributed by atoms with van der Waals surface area (Å²) in [5, 5.41) is 3.51. The Morgan fingerprint density at radius 2 is 1.22 bits per heavy atom. The van der Waals surface area contributed by atoms with E-state index in [1.165, 1.54) is 44.6 Å². The number of para-hydroxylation sites is 4. The van der Waals surface area contributed by atoms with Gasteiger partial charge in [0.1, 0.15) is 5.01 Å². The summed E-state index contributed by atoms with van der Waals surface area (Å²) in [4.78, 5) is 7.20. The van der Waals surface area contributed by atoms with Crippen molar-refractivity contribution in [3.63, 3.8) is 0 Å². The highest BCUT2D eigenvalue weighted by Gasteiger charge is 2.25. The summed E-state index contributed by atoms with van der Waals surface area (Å²) in [6.45, 7) is 0. The lowest BCUT2D eigenvalue weighted by Crippen LogP contribution is -2.15. The number of hydrogen-bond acceptors (Lipinski definition) is 5. The molecule has 9 rings (SSSR count). The number of nitrogens with zero attached hydrogens (tertiary/aromatic N) is 3. The normalized spacial score (nSPS) is 12.5. The predicted octanol–water partition coefficient (Wildman–Crippen LogP) is 10.2. The Bertz CT molecular complexity index is 2100. The second-order valence-electron chi connectivity index (χ2n) is 10.3. The maximum atomic E-state index is 6.17. The van der Waals surface area contributed by atoms with Crippen LogP contribution >= 0.6 is 11.5 Å². The van der Waals surface area contributed by atoms with E-state index in [0.29, 0.717) is 0 Å². The van der Waals surface area contributed by atoms with Crippen molar-refractivity contribution >= 4 is 39.4 Å². The second kappa shape index (κ2) is 8.62. The summed E-state index contributed by atoms with van der Waals surface area (Å²) < 4.78 is 10.9. The van der Waals surface area contributed by atoms with Gasteiger partial charge in [-0.2, -0.15) is 4.37 Å². The van der Waals surface area contributed by atoms with Crippen LogP contribution in [0.15, 0.2) is 127 Å². The fourth-order valence-corrected chi connectivity index (χ4v) is 6.81. The summed E-state index contributed by atoms with van der Waals surface area (Å²) in [6.07, 6.45) is 0. The van der Waals surface area contributed by atoms with Gasteiger partial charge in [0.25, 0.3) is 0 Å². The Morgan fingerprint density at radius 3 is 1.95 bits per heavy atom. The number of anilines is 3. The van der Waals surface area contributed by atoms with Crippen LogP contribution in [0.1, 0.15) is 0 Å². The van der Waals surface area contributed by atoms with Crippen molar-refractivity contribution in [2.45, 2.75) is 0 Å². The molecule has 6 aromatic carbocycles. The van der Waals surface area contributed by atoms with Gasteiger partial charge in [0.2, 0.25) is 0 Å². The van der Waals surface area contributed by atoms with Crippen LogP contribution in [0.5, 0.6) is 11.5 Å². The van der Waals surface area contributed by atoms with E-state index in [-0.39, 0.29) is 0 Å². The lowest BCUT2D eigenvalue weighted by atomic mass is 10.0. The molecule has 0 bridgehead atoms. The van der Waals surface area contributed by atoms with E-state index in [2.05, 4.69) is 95.9 Å². The molecule has 2 heterocycles. The second-order valence-corrected chi connectivity index (χ2v) is 11.1. The third kappa shape index (κ3) is 3.39. The highest BCUT2D eigenvalue weighted by Crippen LogP contribution is 2.51. The van der Waals surface area contributed by atoms with Gasteiger partial charge in [0.15, 0.2) is 17.3 Å². The van der Waals surface area contributed by atoms with E-state index in [1.807, 2.05) is 36.4 Å². The van der Waals surface area contributed by atoms with E-state index in [1.54, 1.807) is 0 Å². The highest BCUT2D eigenvalue weighted by molar-refractivity contribution is 7.09. The van der Waals surface area contributed by atoms with Gasteiger partial charge in [-0.05, 0) is 99.2 Å². The van der Waals surface area contributed by atoms with E-state index in [9.17, 15) is 0 Å². The zero-order valence-electron chi connectivity index (χ0n) is 21.8. The van der Waals surface area contributed by atoms with E-state index < -0.39 is 0 Å². The smallest absolute Gasteiger partial charge is 0.173 e. The minimum atomic E-state index is 0.760. The Balaban J connectivity index is 1.06. The number of ether oxygens (including phenoxy) is 1. The minimum Gasteiger partial charge on any atom is -0.453 e. The summed E-state index contributed by atoms with van der Waals surface area (Å²) in [5.41, 5.74) is 10.3. The molecule has 1 aliphatic heterocycles. The lowest BCUT2D eigenvalue weighted by molar-refractivity contribution is 0.477. The van der Waals surface area contributed by atoms with Gasteiger partial charge in [-0.25, -0.2) is 4.98 Å². The molecule has 2 aliphatic rings. The van der Waals surface area contributed by atoms with E-state index in [0.717, 1.165) is 50.5 Å². The van der Waals surface area contributed by atoms with Crippen molar-refractivity contribution in [1.29, 1.82) is 0 Å². The molecule has 4 nitrogen and oxygen atoms in total. The fourth-order valence-electron chi connectivity index (χ4n) is 6.12. The van der Waals surface area contributed by atoms with Crippen LogP contribution in [-0.4, -0.2) is 9.36 Å². The lowest BCUT2D eigenvalue weighted by Gasteiger charge is -2.32. The zero-order valence-corrected chi connectivity index (χ0v) is 22.6. The first-order valence-corrected chi connectivity index (χ1v) is 14.4. The Kier molecular flexibility index (Phi) is 4.74. The van der Waals surface area contributed by atoms with Gasteiger partial charge >= 0.3 is 0 Å². The van der Waals surface area contributed by atoms with Crippen molar-refractivity contribution in [1.82, 2.24) is 9.36 Å². The van der Waals surface area contributed by atoms with Crippen molar-refractivity contribution in [2.75, 3.05) is 4.90 Å². The number of hydrogen-bond donors (Lipinski definition) is 0. The Hall–Kier alpha value is -5.26. The van der Waals surface area contributed by atoms with Crippen LogP contribution in [0.3, 0.4) is 0 Å². The first kappa shape index (κ1) is 22.5. The summed E-state index contributed by atoms with van der Waals surface area (Å²) >= 11 is 1.44. The van der Waals surface area contributed by atoms with Crippen LogP contribution < -0.4 is 9.64 Å². The van der Waals surface area contributed by atoms with Crippen LogP contribution in [0, 0.1) is 0 Å². The van der Waals surface area contributed by atoms with Gasteiger partial charge in [-0.3, -0.25) is 0 Å². The van der Waals surface area contributed by atoms with E-state index in [4.69, 9.17) is 14.1 Å². The Labute approximate surface area is 240 Å². The first-order valence-electron chi connectivity index (χ1n) is 13.6. The number of fused-ring (bicyclic) bond motifs is 5. The monoisotopic (exact) mass is 543 g/mol. The average molecular weight is 544 g/mol. The number of aromatic nitrogens is 2. The molecule has 0 atom stereocenters. The molecular formula is C36H21N3OS. The molecule has 0 amide bonds. The van der Waals surface area contributed by atoms with Gasteiger partial charge in [-0.1, -0.05) is 72.8 Å². The van der Waals surface area contributed by atoms with Crippen molar-refractivity contribution in [3.8, 4) is 55.7 Å². The average Bonchev–Trinajstić information content (AvgIpc) is 3.65. The summed E-state index contributed by atoms with van der Waals surface area (Å²) in [5.74, 6) is 2.45. The molecule has 0 unspecified atom stereocenters. The fraction of sp³-hybridized carbons (Fsp3) is 0. The van der Waals surface area contributed by atoms with Crippen molar-refractivity contribution in [3.05, 3.63) is 127 Å². The van der Waals surface area contributed by atoms with Gasteiger partial charge in [0.05, 0.1) is 11.4 Å². The van der Waals surface area contributed by atoms with Crippen molar-refractivity contribution in [2.24, 2.45) is 0 Å². The number of benzene rings is 6. The molecule has 41 heavy (non-hydrogen) atoms. The largest absolute Gasteiger partial charge is 0.453 e. The molecular weight excluding hydrogens is 522 g/mol. The molecule has 0 saturated carbocycles. The molecule has 7 aromatic rings. The Morgan fingerprint density at radius 1 is 0.561 bits per heavy atom. The molecule has 192 valence electrons.